The van der Waals surface area contributed by atoms with Crippen molar-refractivity contribution in [3.63, 3.8) is 0 Å². The van der Waals surface area contributed by atoms with Gasteiger partial charge in [0.25, 0.3) is 0 Å². The Morgan fingerprint density at radius 3 is 3.05 bits per heavy atom. The van der Waals surface area contributed by atoms with Gasteiger partial charge in [0.15, 0.2) is 5.82 Å². The molecule has 1 fully saturated rings. The third-order valence-electron chi connectivity index (χ3n) is 4.15. The molecule has 2 aromatic heterocycles. The molecule has 0 unspecified atom stereocenters. The molecule has 2 aromatic rings. The monoisotopic (exact) mass is 289 g/mol. The van der Waals surface area contributed by atoms with Crippen LogP contribution >= 0.6 is 0 Å². The van der Waals surface area contributed by atoms with E-state index in [1.807, 2.05) is 22.6 Å². The van der Waals surface area contributed by atoms with Crippen LogP contribution in [0.4, 0.5) is 0 Å². The molecule has 1 aliphatic heterocycles. The first-order chi connectivity index (χ1) is 10.3. The quantitative estimate of drug-likeness (QED) is 0.807. The highest BCUT2D eigenvalue weighted by Crippen LogP contribution is 2.32. The van der Waals surface area contributed by atoms with E-state index in [1.165, 1.54) is 18.4 Å². The molecule has 7 nitrogen and oxygen atoms in total. The van der Waals surface area contributed by atoms with Crippen LogP contribution in [0.15, 0.2) is 12.4 Å². The highest BCUT2D eigenvalue weighted by atomic mass is 15.5. The van der Waals surface area contributed by atoms with Crippen molar-refractivity contribution in [2.75, 3.05) is 6.54 Å². The zero-order valence-corrected chi connectivity index (χ0v) is 12.8. The number of likely N-dealkylation sites (tertiary alicyclic amines) is 1. The predicted molar refractivity (Wildman–Crippen MR) is 78.3 cm³/mol. The van der Waals surface area contributed by atoms with Crippen molar-refractivity contribution in [3.8, 4) is 0 Å². The van der Waals surface area contributed by atoms with Gasteiger partial charge in [-0.25, -0.2) is 4.68 Å². The van der Waals surface area contributed by atoms with Gasteiger partial charge in [0.1, 0.15) is 0 Å². The lowest BCUT2D eigenvalue weighted by Crippen LogP contribution is -2.25. The molecule has 0 bridgehead atoms. The second kappa shape index (κ2) is 6.34. The molecule has 0 N–H and O–H groups in total. The van der Waals surface area contributed by atoms with E-state index >= 15 is 0 Å². The molecule has 1 atom stereocenters. The Morgan fingerprint density at radius 1 is 1.38 bits per heavy atom. The van der Waals surface area contributed by atoms with Crippen LogP contribution < -0.4 is 0 Å². The van der Waals surface area contributed by atoms with Crippen molar-refractivity contribution >= 4 is 0 Å². The molecule has 0 aromatic carbocycles. The predicted octanol–water partition coefficient (Wildman–Crippen LogP) is 1.54. The SMILES string of the molecule is CCCCn1nnnc1CN1CCC[C@@H]1c1cnn(C)c1. The van der Waals surface area contributed by atoms with Gasteiger partial charge in [-0.1, -0.05) is 13.3 Å². The van der Waals surface area contributed by atoms with Crippen LogP contribution in [0.5, 0.6) is 0 Å². The molecule has 3 rings (SSSR count). The first kappa shape index (κ1) is 14.2. The summed E-state index contributed by atoms with van der Waals surface area (Å²) in [6, 6.07) is 0.440. The maximum atomic E-state index is 4.30. The van der Waals surface area contributed by atoms with Gasteiger partial charge in [0.05, 0.1) is 12.7 Å². The lowest BCUT2D eigenvalue weighted by Gasteiger charge is -2.22. The zero-order chi connectivity index (χ0) is 14.7. The first-order valence-electron chi connectivity index (χ1n) is 7.75. The van der Waals surface area contributed by atoms with Crippen LogP contribution in [0.25, 0.3) is 0 Å². The largest absolute Gasteiger partial charge is 0.289 e. The second-order valence-corrected chi connectivity index (χ2v) is 5.75. The summed E-state index contributed by atoms with van der Waals surface area (Å²) in [7, 11) is 1.97. The fraction of sp³-hybridized carbons (Fsp3) is 0.714. The van der Waals surface area contributed by atoms with Gasteiger partial charge in [0.2, 0.25) is 0 Å². The molecular weight excluding hydrogens is 266 g/mol. The number of nitrogens with zero attached hydrogens (tertiary/aromatic N) is 7. The first-order valence-corrected chi connectivity index (χ1v) is 7.75. The van der Waals surface area contributed by atoms with E-state index in [2.05, 4.69) is 38.6 Å². The molecule has 0 radical (unpaired) electrons. The summed E-state index contributed by atoms with van der Waals surface area (Å²) < 4.78 is 3.82. The Morgan fingerprint density at radius 2 is 2.29 bits per heavy atom. The summed E-state index contributed by atoms with van der Waals surface area (Å²) in [6.07, 6.45) is 8.76. The van der Waals surface area contributed by atoms with Crippen molar-refractivity contribution < 1.29 is 0 Å². The summed E-state index contributed by atoms with van der Waals surface area (Å²) in [6.45, 7) is 5.00. The van der Waals surface area contributed by atoms with E-state index in [4.69, 9.17) is 0 Å². The van der Waals surface area contributed by atoms with Crippen LogP contribution in [0.2, 0.25) is 0 Å². The number of aryl methyl sites for hydroxylation is 2. The fourth-order valence-corrected chi connectivity index (χ4v) is 3.00. The summed E-state index contributed by atoms with van der Waals surface area (Å²) in [4.78, 5) is 2.46. The lowest BCUT2D eigenvalue weighted by molar-refractivity contribution is 0.236. The number of hydrogen-bond acceptors (Lipinski definition) is 5. The maximum Gasteiger partial charge on any atom is 0.165 e. The van der Waals surface area contributed by atoms with E-state index < -0.39 is 0 Å². The number of hydrogen-bond donors (Lipinski definition) is 0. The van der Waals surface area contributed by atoms with Crippen molar-refractivity contribution in [2.24, 2.45) is 7.05 Å². The summed E-state index contributed by atoms with van der Waals surface area (Å²) in [5.41, 5.74) is 1.29. The Labute approximate surface area is 124 Å². The Kier molecular flexibility index (Phi) is 4.28. The molecule has 1 aliphatic rings. The van der Waals surface area contributed by atoms with Crippen LogP contribution in [-0.4, -0.2) is 41.4 Å². The molecule has 0 aliphatic carbocycles. The van der Waals surface area contributed by atoms with Gasteiger partial charge in [-0.05, 0) is 36.2 Å². The normalized spacial score (nSPS) is 19.4. The van der Waals surface area contributed by atoms with Crippen LogP contribution in [-0.2, 0) is 20.1 Å². The van der Waals surface area contributed by atoms with Gasteiger partial charge >= 0.3 is 0 Å². The van der Waals surface area contributed by atoms with Gasteiger partial charge in [-0.3, -0.25) is 9.58 Å². The molecule has 7 heteroatoms. The minimum atomic E-state index is 0.440. The summed E-state index contributed by atoms with van der Waals surface area (Å²) >= 11 is 0. The third kappa shape index (κ3) is 3.12. The number of aromatic nitrogens is 6. The second-order valence-electron chi connectivity index (χ2n) is 5.75. The number of unbranched alkanes of at least 4 members (excludes halogenated alkanes) is 1. The van der Waals surface area contributed by atoms with E-state index in [1.54, 1.807) is 0 Å². The number of rotatable bonds is 6. The summed E-state index contributed by atoms with van der Waals surface area (Å²) in [5, 5.41) is 16.4. The zero-order valence-electron chi connectivity index (χ0n) is 12.8. The van der Waals surface area contributed by atoms with Crippen LogP contribution in [0.3, 0.4) is 0 Å². The van der Waals surface area contributed by atoms with Crippen molar-refractivity contribution in [1.82, 2.24) is 34.9 Å². The van der Waals surface area contributed by atoms with Gasteiger partial charge in [0, 0.05) is 31.4 Å². The molecule has 21 heavy (non-hydrogen) atoms. The van der Waals surface area contributed by atoms with Crippen molar-refractivity contribution in [1.29, 1.82) is 0 Å². The minimum Gasteiger partial charge on any atom is -0.289 e. The van der Waals surface area contributed by atoms with E-state index in [0.717, 1.165) is 38.3 Å². The molecular formula is C14H23N7. The van der Waals surface area contributed by atoms with Crippen molar-refractivity contribution in [3.05, 3.63) is 23.8 Å². The minimum absolute atomic E-state index is 0.440. The molecule has 0 amide bonds. The standard InChI is InChI=1S/C14H23N7/c1-3-4-8-21-14(16-17-18-21)11-20-7-5-6-13(20)12-9-15-19(2)10-12/h9-10,13H,3-8,11H2,1-2H3/t13-/m1/s1. The molecule has 3 heterocycles. The Bertz CT molecular complexity index is 573. The molecule has 114 valence electrons. The average molecular weight is 289 g/mol. The summed E-state index contributed by atoms with van der Waals surface area (Å²) in [5.74, 6) is 0.972. The molecule has 0 saturated carbocycles. The highest BCUT2D eigenvalue weighted by Gasteiger charge is 2.28. The smallest absolute Gasteiger partial charge is 0.165 e. The van der Waals surface area contributed by atoms with Gasteiger partial charge < -0.3 is 0 Å². The van der Waals surface area contributed by atoms with E-state index in [-0.39, 0.29) is 0 Å². The highest BCUT2D eigenvalue weighted by molar-refractivity contribution is 5.12. The van der Waals surface area contributed by atoms with E-state index in [0.29, 0.717) is 6.04 Å². The maximum absolute atomic E-state index is 4.30. The number of tetrazole rings is 1. The topological polar surface area (TPSA) is 64.7 Å². The fourth-order valence-electron chi connectivity index (χ4n) is 3.00. The van der Waals surface area contributed by atoms with Crippen LogP contribution in [0.1, 0.15) is 50.0 Å². The average Bonchev–Trinajstić information content (AvgIpc) is 3.18. The molecule has 0 spiro atoms. The van der Waals surface area contributed by atoms with Gasteiger partial charge in [-0.2, -0.15) is 5.10 Å². The lowest BCUT2D eigenvalue weighted by atomic mass is 10.1. The molecule has 1 saturated heterocycles. The van der Waals surface area contributed by atoms with E-state index in [9.17, 15) is 0 Å². The van der Waals surface area contributed by atoms with Gasteiger partial charge in [-0.15, -0.1) is 5.10 Å². The Hall–Kier alpha value is -1.76. The Balaban J connectivity index is 1.70. The third-order valence-corrected chi connectivity index (χ3v) is 4.15. The van der Waals surface area contributed by atoms with Crippen LogP contribution in [0, 0.1) is 0 Å². The van der Waals surface area contributed by atoms with Crippen molar-refractivity contribution in [2.45, 2.75) is 51.7 Å².